The van der Waals surface area contributed by atoms with E-state index in [0.29, 0.717) is 0 Å². The fourth-order valence-electron chi connectivity index (χ4n) is 1.24. The van der Waals surface area contributed by atoms with E-state index in [9.17, 15) is 9.59 Å². The van der Waals surface area contributed by atoms with E-state index in [1.807, 2.05) is 0 Å². The summed E-state index contributed by atoms with van der Waals surface area (Å²) in [6, 6.07) is 3.07. The lowest BCUT2D eigenvalue weighted by Crippen LogP contribution is -2.28. The molecule has 1 amide bonds. The van der Waals surface area contributed by atoms with Crippen LogP contribution < -0.4 is 5.32 Å². The van der Waals surface area contributed by atoms with Crippen molar-refractivity contribution in [2.45, 2.75) is 18.9 Å². The third-order valence-electron chi connectivity index (χ3n) is 2.17. The fraction of sp³-hybridized carbons (Fsp3) is 0.300. The molecule has 5 heteroatoms. The molecule has 0 spiro atoms. The number of carboxylic acids is 1. The largest absolute Gasteiger partial charge is 0.478 e. The number of aromatic nitrogens is 1. The van der Waals surface area contributed by atoms with E-state index in [-0.39, 0.29) is 17.3 Å². The van der Waals surface area contributed by atoms with Crippen LogP contribution in [0.4, 0.5) is 0 Å². The number of nitrogens with zero attached hydrogens (tertiary/aromatic N) is 1. The molecule has 1 saturated carbocycles. The van der Waals surface area contributed by atoms with Crippen LogP contribution in [-0.2, 0) is 0 Å². The van der Waals surface area contributed by atoms with Gasteiger partial charge < -0.3 is 10.4 Å². The third kappa shape index (κ3) is 2.12. The van der Waals surface area contributed by atoms with E-state index >= 15 is 0 Å². The first-order chi connectivity index (χ1) is 7.18. The summed E-state index contributed by atoms with van der Waals surface area (Å²) in [5.74, 6) is -1.54. The molecule has 2 rings (SSSR count). The van der Waals surface area contributed by atoms with Crippen molar-refractivity contribution in [2.75, 3.05) is 0 Å². The van der Waals surface area contributed by atoms with Gasteiger partial charge in [0, 0.05) is 12.2 Å². The fourth-order valence-corrected chi connectivity index (χ4v) is 1.24. The average molecular weight is 206 g/mol. The topological polar surface area (TPSA) is 79.3 Å². The first-order valence-corrected chi connectivity index (χ1v) is 4.67. The number of nitrogens with one attached hydrogen (secondary N) is 1. The Balaban J connectivity index is 2.24. The second kappa shape index (κ2) is 3.68. The van der Waals surface area contributed by atoms with Crippen molar-refractivity contribution in [1.29, 1.82) is 0 Å². The summed E-state index contributed by atoms with van der Waals surface area (Å²) in [4.78, 5) is 26.2. The van der Waals surface area contributed by atoms with Crippen LogP contribution in [0.15, 0.2) is 18.3 Å². The molecular weight excluding hydrogens is 196 g/mol. The van der Waals surface area contributed by atoms with Crippen LogP contribution in [0.25, 0.3) is 0 Å². The van der Waals surface area contributed by atoms with E-state index in [4.69, 9.17) is 5.11 Å². The summed E-state index contributed by atoms with van der Waals surface area (Å²) < 4.78 is 0. The van der Waals surface area contributed by atoms with Crippen molar-refractivity contribution >= 4 is 11.9 Å². The van der Waals surface area contributed by atoms with E-state index in [2.05, 4.69) is 10.3 Å². The number of hydrogen-bond acceptors (Lipinski definition) is 3. The van der Waals surface area contributed by atoms with Gasteiger partial charge in [-0.15, -0.1) is 0 Å². The Morgan fingerprint density at radius 3 is 2.80 bits per heavy atom. The Morgan fingerprint density at radius 2 is 2.20 bits per heavy atom. The van der Waals surface area contributed by atoms with Crippen molar-refractivity contribution in [3.05, 3.63) is 29.6 Å². The van der Waals surface area contributed by atoms with Gasteiger partial charge in [-0.25, -0.2) is 4.79 Å². The van der Waals surface area contributed by atoms with Gasteiger partial charge in [-0.05, 0) is 25.0 Å². The molecule has 1 aliphatic rings. The zero-order valence-corrected chi connectivity index (χ0v) is 7.93. The zero-order chi connectivity index (χ0) is 10.8. The van der Waals surface area contributed by atoms with Gasteiger partial charge in [-0.1, -0.05) is 0 Å². The van der Waals surface area contributed by atoms with Gasteiger partial charge in [0.2, 0.25) is 0 Å². The van der Waals surface area contributed by atoms with Gasteiger partial charge in [-0.2, -0.15) is 0 Å². The highest BCUT2D eigenvalue weighted by Crippen LogP contribution is 2.19. The summed E-state index contributed by atoms with van der Waals surface area (Å²) in [7, 11) is 0. The Morgan fingerprint density at radius 1 is 1.47 bits per heavy atom. The van der Waals surface area contributed by atoms with Crippen LogP contribution in [-0.4, -0.2) is 28.0 Å². The van der Waals surface area contributed by atoms with E-state index in [1.165, 1.54) is 18.3 Å². The quantitative estimate of drug-likeness (QED) is 0.761. The van der Waals surface area contributed by atoms with Gasteiger partial charge in [0.05, 0.1) is 5.56 Å². The van der Waals surface area contributed by atoms with Crippen LogP contribution in [0.3, 0.4) is 0 Å². The summed E-state index contributed by atoms with van der Waals surface area (Å²) in [6.45, 7) is 0. The first kappa shape index (κ1) is 9.64. The lowest BCUT2D eigenvalue weighted by Gasteiger charge is -2.04. The molecule has 5 nitrogen and oxygen atoms in total. The number of carbonyl (C=O) groups is 2. The number of pyridine rings is 1. The second-order valence-electron chi connectivity index (χ2n) is 3.45. The summed E-state index contributed by atoms with van der Waals surface area (Å²) in [5, 5.41) is 11.5. The van der Waals surface area contributed by atoms with Gasteiger partial charge in [0.1, 0.15) is 5.69 Å². The standard InChI is InChI=1S/C10H10N2O3/c13-9(12-6-3-4-6)8-7(10(14)15)2-1-5-11-8/h1-2,5-6H,3-4H2,(H,12,13)(H,14,15). The number of carbonyl (C=O) groups excluding carboxylic acids is 1. The number of rotatable bonds is 3. The normalized spacial score (nSPS) is 14.7. The molecular formula is C10H10N2O3. The predicted octanol–water partition coefficient (Wildman–Crippen LogP) is 0.672. The minimum atomic E-state index is -1.14. The Bertz CT molecular complexity index is 413. The van der Waals surface area contributed by atoms with Crippen molar-refractivity contribution in [2.24, 2.45) is 0 Å². The second-order valence-corrected chi connectivity index (χ2v) is 3.45. The van der Waals surface area contributed by atoms with Gasteiger partial charge in [0.25, 0.3) is 5.91 Å². The molecule has 1 aliphatic carbocycles. The van der Waals surface area contributed by atoms with Crippen molar-refractivity contribution in [3.8, 4) is 0 Å². The number of carboxylic acid groups (broad SMARTS) is 1. The van der Waals surface area contributed by atoms with Crippen LogP contribution in [0.1, 0.15) is 33.7 Å². The van der Waals surface area contributed by atoms with Crippen LogP contribution >= 0.6 is 0 Å². The first-order valence-electron chi connectivity index (χ1n) is 4.67. The highest BCUT2D eigenvalue weighted by molar-refractivity contribution is 6.03. The maximum absolute atomic E-state index is 11.6. The maximum Gasteiger partial charge on any atom is 0.338 e. The lowest BCUT2D eigenvalue weighted by atomic mass is 10.2. The molecule has 0 aromatic carbocycles. The number of amides is 1. The van der Waals surface area contributed by atoms with Gasteiger partial charge >= 0.3 is 5.97 Å². The highest BCUT2D eigenvalue weighted by Gasteiger charge is 2.26. The molecule has 1 heterocycles. The van der Waals surface area contributed by atoms with Crippen molar-refractivity contribution in [1.82, 2.24) is 10.3 Å². The highest BCUT2D eigenvalue weighted by atomic mass is 16.4. The molecule has 0 saturated heterocycles. The van der Waals surface area contributed by atoms with Gasteiger partial charge in [0.15, 0.2) is 0 Å². The number of hydrogen-bond donors (Lipinski definition) is 2. The zero-order valence-electron chi connectivity index (χ0n) is 7.93. The van der Waals surface area contributed by atoms with Crippen LogP contribution in [0.2, 0.25) is 0 Å². The molecule has 15 heavy (non-hydrogen) atoms. The maximum atomic E-state index is 11.6. The van der Waals surface area contributed by atoms with Gasteiger partial charge in [-0.3, -0.25) is 9.78 Å². The Kier molecular flexibility index (Phi) is 2.37. The number of aromatic carboxylic acids is 1. The SMILES string of the molecule is O=C(O)c1cccnc1C(=O)NC1CC1. The van der Waals surface area contributed by atoms with Crippen LogP contribution in [0, 0.1) is 0 Å². The molecule has 0 unspecified atom stereocenters. The lowest BCUT2D eigenvalue weighted by molar-refractivity contribution is 0.0690. The minimum absolute atomic E-state index is 0.0168. The Labute approximate surface area is 86.1 Å². The molecule has 1 aromatic heterocycles. The van der Waals surface area contributed by atoms with Crippen LogP contribution in [0.5, 0.6) is 0 Å². The molecule has 0 atom stereocenters. The minimum Gasteiger partial charge on any atom is -0.478 e. The molecule has 0 aliphatic heterocycles. The van der Waals surface area contributed by atoms with Crippen molar-refractivity contribution < 1.29 is 14.7 Å². The summed E-state index contributed by atoms with van der Waals surface area (Å²) >= 11 is 0. The van der Waals surface area contributed by atoms with E-state index in [0.717, 1.165) is 12.8 Å². The molecule has 1 aromatic rings. The summed E-state index contributed by atoms with van der Waals surface area (Å²) in [5.41, 5.74) is -0.0763. The van der Waals surface area contributed by atoms with E-state index < -0.39 is 11.9 Å². The van der Waals surface area contributed by atoms with Crippen molar-refractivity contribution in [3.63, 3.8) is 0 Å². The van der Waals surface area contributed by atoms with E-state index in [1.54, 1.807) is 0 Å². The smallest absolute Gasteiger partial charge is 0.338 e. The monoisotopic (exact) mass is 206 g/mol. The molecule has 1 fully saturated rings. The third-order valence-corrected chi connectivity index (χ3v) is 2.17. The molecule has 2 N–H and O–H groups in total. The molecule has 0 bridgehead atoms. The summed E-state index contributed by atoms with van der Waals surface area (Å²) in [6.07, 6.45) is 3.33. The molecule has 0 radical (unpaired) electrons. The molecule has 78 valence electrons. The average Bonchev–Trinajstić information content (AvgIpc) is 3.01. The Hall–Kier alpha value is -1.91. The predicted molar refractivity (Wildman–Crippen MR) is 51.7 cm³/mol.